The van der Waals surface area contributed by atoms with Gasteiger partial charge in [0.25, 0.3) is 6.33 Å². The van der Waals surface area contributed by atoms with E-state index in [1.54, 1.807) is 24.3 Å². The van der Waals surface area contributed by atoms with Crippen molar-refractivity contribution in [2.75, 3.05) is 0 Å². The summed E-state index contributed by atoms with van der Waals surface area (Å²) in [6, 6.07) is 17.9. The molecule has 0 fully saturated rings. The Bertz CT molecular complexity index is 742. The van der Waals surface area contributed by atoms with Crippen LogP contribution >= 0.6 is 0 Å². The van der Waals surface area contributed by atoms with E-state index in [2.05, 4.69) is 4.98 Å². The Morgan fingerprint density at radius 3 is 2.40 bits per heavy atom. The summed E-state index contributed by atoms with van der Waals surface area (Å²) in [5.74, 6) is 0.171. The van der Waals surface area contributed by atoms with E-state index in [4.69, 9.17) is 0 Å². The van der Waals surface area contributed by atoms with Gasteiger partial charge in [0, 0.05) is 17.2 Å². The zero-order valence-corrected chi connectivity index (χ0v) is 10.6. The molecule has 20 heavy (non-hydrogen) atoms. The minimum atomic E-state index is 0.171. The first kappa shape index (κ1) is 12.2. The van der Waals surface area contributed by atoms with Gasteiger partial charge in [-0.3, -0.25) is 0 Å². The normalized spacial score (nSPS) is 10.4. The second-order valence-corrected chi connectivity index (χ2v) is 4.40. The Morgan fingerprint density at radius 2 is 1.65 bits per heavy atom. The van der Waals surface area contributed by atoms with Crippen molar-refractivity contribution in [3.05, 3.63) is 72.2 Å². The molecule has 0 bridgehead atoms. The fourth-order valence-electron chi connectivity index (χ4n) is 2.05. The summed E-state index contributed by atoms with van der Waals surface area (Å²) in [6.45, 7) is 0. The van der Waals surface area contributed by atoms with E-state index in [0.29, 0.717) is 11.4 Å². The van der Waals surface area contributed by atoms with Crippen molar-refractivity contribution in [3.8, 4) is 28.3 Å². The first-order valence-corrected chi connectivity index (χ1v) is 6.18. The van der Waals surface area contributed by atoms with Crippen molar-refractivity contribution >= 4 is 0 Å². The van der Waals surface area contributed by atoms with Crippen LogP contribution in [0.15, 0.2) is 67.0 Å². The molecular formula is C16H12N2O2. The first-order chi connectivity index (χ1) is 9.74. The van der Waals surface area contributed by atoms with Crippen molar-refractivity contribution in [1.29, 1.82) is 0 Å². The summed E-state index contributed by atoms with van der Waals surface area (Å²) in [4.78, 5) is 4.12. The van der Waals surface area contributed by atoms with E-state index < -0.39 is 0 Å². The maximum atomic E-state index is 11.9. The number of hydrogen-bond acceptors (Lipinski definition) is 3. The van der Waals surface area contributed by atoms with Gasteiger partial charge in [-0.05, 0) is 17.1 Å². The van der Waals surface area contributed by atoms with E-state index in [1.165, 1.54) is 6.33 Å². The molecule has 4 heteroatoms. The van der Waals surface area contributed by atoms with Gasteiger partial charge in [0.15, 0.2) is 5.69 Å². The fourth-order valence-corrected chi connectivity index (χ4v) is 2.05. The molecule has 1 N–H and O–H groups in total. The van der Waals surface area contributed by atoms with Crippen molar-refractivity contribution in [2.24, 2.45) is 0 Å². The van der Waals surface area contributed by atoms with Gasteiger partial charge >= 0.3 is 0 Å². The highest BCUT2D eigenvalue weighted by Crippen LogP contribution is 2.24. The van der Waals surface area contributed by atoms with Crippen LogP contribution in [0.1, 0.15) is 0 Å². The number of aromatic nitrogens is 2. The van der Waals surface area contributed by atoms with Gasteiger partial charge in [-0.25, -0.2) is 4.73 Å². The molecule has 4 nitrogen and oxygen atoms in total. The predicted molar refractivity (Wildman–Crippen MR) is 75.7 cm³/mol. The minimum Gasteiger partial charge on any atom is -0.710 e. The lowest BCUT2D eigenvalue weighted by Crippen LogP contribution is -2.29. The largest absolute Gasteiger partial charge is 0.710 e. The van der Waals surface area contributed by atoms with Gasteiger partial charge in [0.05, 0.1) is 0 Å². The molecule has 0 saturated heterocycles. The fraction of sp³-hybridized carbons (Fsp3) is 0. The molecule has 98 valence electrons. The molecule has 3 rings (SSSR count). The summed E-state index contributed by atoms with van der Waals surface area (Å²) in [5, 5.41) is 21.4. The maximum Gasteiger partial charge on any atom is 0.290 e. The van der Waals surface area contributed by atoms with Crippen LogP contribution < -0.4 is 4.73 Å². The highest BCUT2D eigenvalue weighted by Gasteiger charge is 2.11. The van der Waals surface area contributed by atoms with Gasteiger partial charge in [-0.15, -0.1) is 0 Å². The molecule has 3 aromatic rings. The molecule has 0 aliphatic heterocycles. The lowest BCUT2D eigenvalue weighted by atomic mass is 10.1. The number of benzene rings is 2. The van der Waals surface area contributed by atoms with Crippen molar-refractivity contribution in [2.45, 2.75) is 0 Å². The van der Waals surface area contributed by atoms with Gasteiger partial charge in [0.1, 0.15) is 11.4 Å². The summed E-state index contributed by atoms with van der Waals surface area (Å²) in [7, 11) is 0. The molecule has 2 aromatic carbocycles. The molecule has 1 aromatic heterocycles. The summed E-state index contributed by atoms with van der Waals surface area (Å²) in [6.07, 6.45) is 1.24. The van der Waals surface area contributed by atoms with Crippen LogP contribution in [0.5, 0.6) is 5.75 Å². The van der Waals surface area contributed by atoms with Crippen LogP contribution in [0.25, 0.3) is 22.5 Å². The number of phenols is 1. The Hall–Kier alpha value is -2.88. The van der Waals surface area contributed by atoms with Crippen LogP contribution in [-0.2, 0) is 0 Å². The number of rotatable bonds is 2. The third-order valence-corrected chi connectivity index (χ3v) is 3.02. The molecule has 0 saturated carbocycles. The highest BCUT2D eigenvalue weighted by molar-refractivity contribution is 5.66. The second-order valence-electron chi connectivity index (χ2n) is 4.40. The standard InChI is InChI=1S/C16H12N2O2/c19-14-8-4-7-13(9-14)15-10-16(18(20)11-17-15)12-5-2-1-3-6-12/h1-11,19H. The van der Waals surface area contributed by atoms with Crippen molar-refractivity contribution in [3.63, 3.8) is 0 Å². The van der Waals surface area contributed by atoms with Crippen LogP contribution in [0, 0.1) is 5.21 Å². The SMILES string of the molecule is [O-][n+]1cnc(-c2cccc(O)c2)cc1-c1ccccc1. The van der Waals surface area contributed by atoms with E-state index in [0.717, 1.165) is 15.9 Å². The van der Waals surface area contributed by atoms with E-state index in [9.17, 15) is 10.3 Å². The first-order valence-electron chi connectivity index (χ1n) is 6.18. The number of hydrogen-bond donors (Lipinski definition) is 1. The van der Waals surface area contributed by atoms with Crippen LogP contribution in [-0.4, -0.2) is 10.1 Å². The molecule has 0 aliphatic carbocycles. The van der Waals surface area contributed by atoms with Crippen LogP contribution in [0.4, 0.5) is 0 Å². The molecule has 0 amide bonds. The predicted octanol–water partition coefficient (Wildman–Crippen LogP) is 2.75. The molecule has 0 radical (unpaired) electrons. The highest BCUT2D eigenvalue weighted by atomic mass is 16.5. The number of phenolic OH excluding ortho intramolecular Hbond substituents is 1. The van der Waals surface area contributed by atoms with Crippen molar-refractivity contribution < 1.29 is 9.84 Å². The van der Waals surface area contributed by atoms with Crippen LogP contribution in [0.3, 0.4) is 0 Å². The molecule has 0 atom stereocenters. The third kappa shape index (κ3) is 2.31. The molecule has 0 aliphatic rings. The zero-order chi connectivity index (χ0) is 13.9. The van der Waals surface area contributed by atoms with Crippen molar-refractivity contribution in [1.82, 2.24) is 4.98 Å². The zero-order valence-electron chi connectivity index (χ0n) is 10.6. The van der Waals surface area contributed by atoms with Gasteiger partial charge < -0.3 is 10.3 Å². The second kappa shape index (κ2) is 5.01. The monoisotopic (exact) mass is 264 g/mol. The molecule has 0 spiro atoms. The Morgan fingerprint density at radius 1 is 0.900 bits per heavy atom. The minimum absolute atomic E-state index is 0.171. The lowest BCUT2D eigenvalue weighted by Gasteiger charge is -2.08. The number of aromatic hydroxyl groups is 1. The topological polar surface area (TPSA) is 60.1 Å². The van der Waals surface area contributed by atoms with E-state index in [-0.39, 0.29) is 5.75 Å². The average Bonchev–Trinajstić information content (AvgIpc) is 2.48. The number of nitrogens with zero attached hydrogens (tertiary/aromatic N) is 2. The Balaban J connectivity index is 2.12. The lowest BCUT2D eigenvalue weighted by molar-refractivity contribution is -0.597. The van der Waals surface area contributed by atoms with Gasteiger partial charge in [-0.1, -0.05) is 42.5 Å². The quantitative estimate of drug-likeness (QED) is 0.572. The summed E-state index contributed by atoms with van der Waals surface area (Å²) < 4.78 is 0.738. The summed E-state index contributed by atoms with van der Waals surface area (Å²) in [5.41, 5.74) is 2.76. The third-order valence-electron chi connectivity index (χ3n) is 3.02. The molecule has 1 heterocycles. The maximum absolute atomic E-state index is 11.9. The average molecular weight is 264 g/mol. The molecule has 0 unspecified atom stereocenters. The smallest absolute Gasteiger partial charge is 0.290 e. The van der Waals surface area contributed by atoms with E-state index in [1.807, 2.05) is 36.4 Å². The molecular weight excluding hydrogens is 252 g/mol. The Labute approximate surface area is 116 Å². The van der Waals surface area contributed by atoms with Gasteiger partial charge in [-0.2, -0.15) is 0 Å². The Kier molecular flexibility index (Phi) is 3.05. The van der Waals surface area contributed by atoms with Crippen LogP contribution in [0.2, 0.25) is 0 Å². The van der Waals surface area contributed by atoms with Gasteiger partial charge in [0.2, 0.25) is 0 Å². The summed E-state index contributed by atoms with van der Waals surface area (Å²) >= 11 is 0. The van der Waals surface area contributed by atoms with E-state index >= 15 is 0 Å².